The fraction of sp³-hybridized carbons (Fsp3) is 0.600. The van der Waals surface area contributed by atoms with Crippen molar-refractivity contribution in [2.75, 3.05) is 30.8 Å². The van der Waals surface area contributed by atoms with Gasteiger partial charge in [0.2, 0.25) is 11.6 Å². The third-order valence-corrected chi connectivity index (χ3v) is 3.02. The number of piperidine rings is 1. The van der Waals surface area contributed by atoms with E-state index in [0.29, 0.717) is 13.1 Å². The first-order chi connectivity index (χ1) is 8.63. The number of hydrogen-bond donors (Lipinski definition) is 1. The number of anilines is 2. The summed E-state index contributed by atoms with van der Waals surface area (Å²) in [5, 5.41) is 11.0. The SMILES string of the molecule is COC1CCCN(c2ncnc(N)c2[N+](=O)[O-])C1. The minimum absolute atomic E-state index is 0.0644. The third-order valence-electron chi connectivity index (χ3n) is 3.02. The zero-order valence-corrected chi connectivity index (χ0v) is 10.1. The van der Waals surface area contributed by atoms with Crippen LogP contribution in [-0.4, -0.2) is 41.2 Å². The first kappa shape index (κ1) is 12.5. The van der Waals surface area contributed by atoms with Crippen LogP contribution in [0.2, 0.25) is 0 Å². The van der Waals surface area contributed by atoms with Gasteiger partial charge in [-0.2, -0.15) is 0 Å². The largest absolute Gasteiger partial charge is 0.380 e. The maximum atomic E-state index is 11.0. The molecule has 18 heavy (non-hydrogen) atoms. The van der Waals surface area contributed by atoms with Crippen LogP contribution in [0.4, 0.5) is 17.3 Å². The molecule has 1 atom stereocenters. The second kappa shape index (κ2) is 5.13. The first-order valence-corrected chi connectivity index (χ1v) is 5.66. The Kier molecular flexibility index (Phi) is 3.56. The molecule has 1 unspecified atom stereocenters. The quantitative estimate of drug-likeness (QED) is 0.620. The van der Waals surface area contributed by atoms with Crippen molar-refractivity contribution in [3.8, 4) is 0 Å². The molecular weight excluding hydrogens is 238 g/mol. The fourth-order valence-electron chi connectivity index (χ4n) is 2.11. The van der Waals surface area contributed by atoms with Crippen LogP contribution in [0.1, 0.15) is 12.8 Å². The van der Waals surface area contributed by atoms with E-state index in [4.69, 9.17) is 10.5 Å². The molecule has 2 N–H and O–H groups in total. The van der Waals surface area contributed by atoms with E-state index in [1.165, 1.54) is 6.33 Å². The number of nitrogens with zero attached hydrogens (tertiary/aromatic N) is 4. The molecule has 1 aliphatic rings. The standard InChI is InChI=1S/C10H15N5O3/c1-18-7-3-2-4-14(5-7)10-8(15(16)17)9(11)12-6-13-10/h6-7H,2-5H2,1H3,(H2,11,12,13). The summed E-state index contributed by atoms with van der Waals surface area (Å²) in [6.07, 6.45) is 3.16. The van der Waals surface area contributed by atoms with Crippen molar-refractivity contribution in [2.45, 2.75) is 18.9 Å². The molecule has 2 heterocycles. The normalized spacial score (nSPS) is 19.8. The molecule has 98 valence electrons. The lowest BCUT2D eigenvalue weighted by Crippen LogP contribution is -2.40. The fourth-order valence-corrected chi connectivity index (χ4v) is 2.11. The van der Waals surface area contributed by atoms with Crippen LogP contribution < -0.4 is 10.6 Å². The lowest BCUT2D eigenvalue weighted by atomic mass is 10.1. The van der Waals surface area contributed by atoms with E-state index in [1.54, 1.807) is 7.11 Å². The molecular formula is C10H15N5O3. The number of nitro groups is 1. The minimum Gasteiger partial charge on any atom is -0.380 e. The number of nitrogen functional groups attached to an aromatic ring is 1. The molecule has 1 fully saturated rings. The molecule has 1 aliphatic heterocycles. The van der Waals surface area contributed by atoms with Crippen LogP contribution >= 0.6 is 0 Å². The smallest absolute Gasteiger partial charge is 0.353 e. The molecule has 0 saturated carbocycles. The van der Waals surface area contributed by atoms with Crippen molar-refractivity contribution >= 4 is 17.3 Å². The van der Waals surface area contributed by atoms with Gasteiger partial charge in [0.1, 0.15) is 6.33 Å². The van der Waals surface area contributed by atoms with E-state index >= 15 is 0 Å². The summed E-state index contributed by atoms with van der Waals surface area (Å²) in [5.74, 6) is 0.166. The summed E-state index contributed by atoms with van der Waals surface area (Å²) in [7, 11) is 1.64. The van der Waals surface area contributed by atoms with Gasteiger partial charge in [-0.1, -0.05) is 0 Å². The maximum Gasteiger partial charge on any atom is 0.353 e. The lowest BCUT2D eigenvalue weighted by Gasteiger charge is -2.32. The molecule has 0 aliphatic carbocycles. The summed E-state index contributed by atoms with van der Waals surface area (Å²) in [4.78, 5) is 20.0. The average molecular weight is 253 g/mol. The second-order valence-corrected chi connectivity index (χ2v) is 4.13. The van der Waals surface area contributed by atoms with Crippen LogP contribution in [0.5, 0.6) is 0 Å². The Morgan fingerprint density at radius 2 is 2.39 bits per heavy atom. The van der Waals surface area contributed by atoms with Crippen molar-refractivity contribution in [3.63, 3.8) is 0 Å². The lowest BCUT2D eigenvalue weighted by molar-refractivity contribution is -0.383. The number of rotatable bonds is 3. The van der Waals surface area contributed by atoms with Crippen LogP contribution in [-0.2, 0) is 4.74 Å². The Morgan fingerprint density at radius 3 is 3.06 bits per heavy atom. The van der Waals surface area contributed by atoms with Gasteiger partial charge in [0, 0.05) is 20.2 Å². The molecule has 0 aromatic carbocycles. The molecule has 8 nitrogen and oxygen atoms in total. The predicted molar refractivity (Wildman–Crippen MR) is 65.3 cm³/mol. The van der Waals surface area contributed by atoms with Gasteiger partial charge in [-0.05, 0) is 12.8 Å². The first-order valence-electron chi connectivity index (χ1n) is 5.66. The van der Waals surface area contributed by atoms with Gasteiger partial charge in [0.25, 0.3) is 0 Å². The highest BCUT2D eigenvalue weighted by atomic mass is 16.6. The van der Waals surface area contributed by atoms with E-state index in [1.807, 2.05) is 4.90 Å². The molecule has 0 spiro atoms. The van der Waals surface area contributed by atoms with Crippen LogP contribution in [0, 0.1) is 10.1 Å². The van der Waals surface area contributed by atoms with E-state index in [9.17, 15) is 10.1 Å². The summed E-state index contributed by atoms with van der Waals surface area (Å²) >= 11 is 0. The number of methoxy groups -OCH3 is 1. The average Bonchev–Trinajstić information content (AvgIpc) is 2.38. The van der Waals surface area contributed by atoms with Gasteiger partial charge in [-0.3, -0.25) is 10.1 Å². The number of hydrogen-bond acceptors (Lipinski definition) is 7. The van der Waals surface area contributed by atoms with Crippen molar-refractivity contribution in [2.24, 2.45) is 0 Å². The topological polar surface area (TPSA) is 107 Å². The highest BCUT2D eigenvalue weighted by Gasteiger charge is 2.29. The maximum absolute atomic E-state index is 11.0. The Hall–Kier alpha value is -1.96. The summed E-state index contributed by atoms with van der Waals surface area (Å²) in [6, 6.07) is 0. The van der Waals surface area contributed by atoms with Gasteiger partial charge in [-0.15, -0.1) is 0 Å². The minimum atomic E-state index is -0.541. The predicted octanol–water partition coefficient (Wildman–Crippen LogP) is 0.582. The van der Waals surface area contributed by atoms with Crippen molar-refractivity contribution < 1.29 is 9.66 Å². The Balaban J connectivity index is 2.32. The monoisotopic (exact) mass is 253 g/mol. The molecule has 1 aromatic rings. The van der Waals surface area contributed by atoms with Gasteiger partial charge in [0.05, 0.1) is 11.0 Å². The van der Waals surface area contributed by atoms with Crippen LogP contribution in [0.15, 0.2) is 6.33 Å². The van der Waals surface area contributed by atoms with Gasteiger partial charge in [-0.25, -0.2) is 9.97 Å². The van der Waals surface area contributed by atoms with Crippen LogP contribution in [0.25, 0.3) is 0 Å². The zero-order valence-electron chi connectivity index (χ0n) is 10.1. The van der Waals surface area contributed by atoms with E-state index < -0.39 is 4.92 Å². The van der Waals surface area contributed by atoms with Crippen molar-refractivity contribution in [1.29, 1.82) is 0 Å². The van der Waals surface area contributed by atoms with Gasteiger partial charge < -0.3 is 15.4 Å². The summed E-state index contributed by atoms with van der Waals surface area (Å²) in [5.41, 5.74) is 5.32. The van der Waals surface area contributed by atoms with E-state index in [0.717, 1.165) is 12.8 Å². The summed E-state index contributed by atoms with van der Waals surface area (Å²) in [6.45, 7) is 1.28. The summed E-state index contributed by atoms with van der Waals surface area (Å²) < 4.78 is 5.29. The molecule has 0 amide bonds. The van der Waals surface area contributed by atoms with Crippen LogP contribution in [0.3, 0.4) is 0 Å². The second-order valence-electron chi connectivity index (χ2n) is 4.13. The zero-order chi connectivity index (χ0) is 13.1. The number of nitrogens with two attached hydrogens (primary N) is 1. The molecule has 0 radical (unpaired) electrons. The molecule has 1 saturated heterocycles. The molecule has 0 bridgehead atoms. The van der Waals surface area contributed by atoms with E-state index in [-0.39, 0.29) is 23.4 Å². The number of aromatic nitrogens is 2. The number of ether oxygens (including phenoxy) is 1. The van der Waals surface area contributed by atoms with E-state index in [2.05, 4.69) is 9.97 Å². The molecule has 2 rings (SSSR count). The third kappa shape index (κ3) is 2.33. The van der Waals surface area contributed by atoms with Crippen molar-refractivity contribution in [3.05, 3.63) is 16.4 Å². The van der Waals surface area contributed by atoms with Crippen molar-refractivity contribution in [1.82, 2.24) is 9.97 Å². The molecule has 1 aromatic heterocycles. The Bertz CT molecular complexity index is 453. The Labute approximate surface area is 104 Å². The van der Waals surface area contributed by atoms with Gasteiger partial charge >= 0.3 is 5.69 Å². The Morgan fingerprint density at radius 1 is 1.61 bits per heavy atom. The molecule has 8 heteroatoms. The van der Waals surface area contributed by atoms with Gasteiger partial charge in [0.15, 0.2) is 0 Å². The highest BCUT2D eigenvalue weighted by Crippen LogP contribution is 2.31. The highest BCUT2D eigenvalue weighted by molar-refractivity contribution is 5.68.